The average Bonchev–Trinajstić information content (AvgIpc) is 2.61. The van der Waals surface area contributed by atoms with Gasteiger partial charge in [-0.3, -0.25) is 4.79 Å². The fourth-order valence-corrected chi connectivity index (χ4v) is 3.18. The van der Waals surface area contributed by atoms with Crippen LogP contribution < -0.4 is 4.74 Å². The fraction of sp³-hybridized carbons (Fsp3) is 0.611. The van der Waals surface area contributed by atoms with Gasteiger partial charge in [0.25, 0.3) is 0 Å². The number of fused-ring (bicyclic) bond motifs is 1. The van der Waals surface area contributed by atoms with Crippen LogP contribution in [0.15, 0.2) is 18.2 Å². The molecule has 0 spiro atoms. The Morgan fingerprint density at radius 1 is 1.35 bits per heavy atom. The first kappa shape index (κ1) is 16.3. The van der Waals surface area contributed by atoms with Crippen LogP contribution >= 0.6 is 0 Å². The minimum absolute atomic E-state index is 0.0577. The Balaban J connectivity index is 1.46. The molecule has 0 saturated carbocycles. The SMILES string of the molecule is COc1ccc2c(c1)CCN(C(=O)COC[C@H]1CCCCO1)C2. The smallest absolute Gasteiger partial charge is 0.248 e. The van der Waals surface area contributed by atoms with E-state index >= 15 is 0 Å². The van der Waals surface area contributed by atoms with Crippen molar-refractivity contribution in [1.82, 2.24) is 4.90 Å². The highest BCUT2D eigenvalue weighted by molar-refractivity contribution is 5.77. The van der Waals surface area contributed by atoms with Gasteiger partial charge in [0, 0.05) is 19.7 Å². The quantitative estimate of drug-likeness (QED) is 0.834. The van der Waals surface area contributed by atoms with E-state index < -0.39 is 0 Å². The van der Waals surface area contributed by atoms with Crippen LogP contribution in [0.4, 0.5) is 0 Å². The fourth-order valence-electron chi connectivity index (χ4n) is 3.18. The summed E-state index contributed by atoms with van der Waals surface area (Å²) in [6.45, 7) is 2.87. The predicted octanol–water partition coefficient (Wildman–Crippen LogP) is 2.17. The van der Waals surface area contributed by atoms with Gasteiger partial charge in [-0.05, 0) is 48.9 Å². The van der Waals surface area contributed by atoms with Crippen LogP contribution in [0.1, 0.15) is 30.4 Å². The molecule has 2 aliphatic heterocycles. The van der Waals surface area contributed by atoms with Gasteiger partial charge in [0.15, 0.2) is 0 Å². The number of nitrogens with zero attached hydrogens (tertiary/aromatic N) is 1. The van der Waals surface area contributed by atoms with Gasteiger partial charge >= 0.3 is 0 Å². The summed E-state index contributed by atoms with van der Waals surface area (Å²) in [5.74, 6) is 0.932. The molecule has 0 aromatic heterocycles. The van der Waals surface area contributed by atoms with Crippen molar-refractivity contribution in [2.75, 3.05) is 33.5 Å². The molecule has 5 heteroatoms. The zero-order chi connectivity index (χ0) is 16.1. The minimum atomic E-state index is 0.0577. The molecule has 0 N–H and O–H groups in total. The Morgan fingerprint density at radius 2 is 2.26 bits per heavy atom. The molecule has 2 aliphatic rings. The third kappa shape index (κ3) is 4.24. The summed E-state index contributed by atoms with van der Waals surface area (Å²) in [6, 6.07) is 6.06. The molecule has 0 unspecified atom stereocenters. The molecule has 1 aromatic rings. The Hall–Kier alpha value is -1.59. The normalized spacial score (nSPS) is 20.9. The number of ether oxygens (including phenoxy) is 3. The maximum absolute atomic E-state index is 12.3. The lowest BCUT2D eigenvalue weighted by Gasteiger charge is -2.29. The number of carbonyl (C=O) groups excluding carboxylic acids is 1. The van der Waals surface area contributed by atoms with Crippen molar-refractivity contribution in [2.45, 2.75) is 38.3 Å². The van der Waals surface area contributed by atoms with Crippen molar-refractivity contribution < 1.29 is 19.0 Å². The molecule has 1 amide bonds. The van der Waals surface area contributed by atoms with Crippen LogP contribution in [0, 0.1) is 0 Å². The van der Waals surface area contributed by atoms with E-state index in [9.17, 15) is 4.79 Å². The summed E-state index contributed by atoms with van der Waals surface area (Å²) in [5.41, 5.74) is 2.46. The van der Waals surface area contributed by atoms with Crippen LogP contribution in [-0.4, -0.2) is 50.4 Å². The summed E-state index contributed by atoms with van der Waals surface area (Å²) in [4.78, 5) is 14.2. The standard InChI is InChI=1S/C18H25NO4/c1-21-16-6-5-15-11-19(8-7-14(15)10-16)18(20)13-22-12-17-4-2-3-9-23-17/h5-6,10,17H,2-4,7-9,11-13H2,1H3/t17-/m1/s1. The number of carbonyl (C=O) groups is 1. The summed E-state index contributed by atoms with van der Waals surface area (Å²) in [5, 5.41) is 0. The van der Waals surface area contributed by atoms with Gasteiger partial charge < -0.3 is 19.1 Å². The van der Waals surface area contributed by atoms with Crippen LogP contribution in [0.2, 0.25) is 0 Å². The molecule has 0 radical (unpaired) electrons. The number of hydrogen-bond acceptors (Lipinski definition) is 4. The lowest BCUT2D eigenvalue weighted by Crippen LogP contribution is -2.38. The van der Waals surface area contributed by atoms with Crippen molar-refractivity contribution >= 4 is 5.91 Å². The Bertz CT molecular complexity index is 540. The molecule has 0 aliphatic carbocycles. The van der Waals surface area contributed by atoms with Crippen LogP contribution in [-0.2, 0) is 27.2 Å². The molecule has 3 rings (SSSR count). The molecular formula is C18H25NO4. The third-order valence-corrected chi connectivity index (χ3v) is 4.58. The van der Waals surface area contributed by atoms with Crippen LogP contribution in [0.3, 0.4) is 0 Å². The molecular weight excluding hydrogens is 294 g/mol. The molecule has 23 heavy (non-hydrogen) atoms. The topological polar surface area (TPSA) is 48.0 Å². The molecule has 2 heterocycles. The third-order valence-electron chi connectivity index (χ3n) is 4.58. The zero-order valence-electron chi connectivity index (χ0n) is 13.8. The van der Waals surface area contributed by atoms with Crippen molar-refractivity contribution in [3.05, 3.63) is 29.3 Å². The minimum Gasteiger partial charge on any atom is -0.497 e. The first-order chi connectivity index (χ1) is 11.3. The van der Waals surface area contributed by atoms with E-state index in [-0.39, 0.29) is 18.6 Å². The molecule has 1 saturated heterocycles. The van der Waals surface area contributed by atoms with Crippen molar-refractivity contribution in [3.63, 3.8) is 0 Å². The molecule has 5 nitrogen and oxygen atoms in total. The van der Waals surface area contributed by atoms with E-state index in [0.29, 0.717) is 13.2 Å². The number of hydrogen-bond donors (Lipinski definition) is 0. The van der Waals surface area contributed by atoms with Crippen molar-refractivity contribution in [2.24, 2.45) is 0 Å². The van der Waals surface area contributed by atoms with E-state index in [1.807, 2.05) is 17.0 Å². The van der Waals surface area contributed by atoms with E-state index in [4.69, 9.17) is 14.2 Å². The highest BCUT2D eigenvalue weighted by atomic mass is 16.5. The predicted molar refractivity (Wildman–Crippen MR) is 86.5 cm³/mol. The largest absolute Gasteiger partial charge is 0.497 e. The summed E-state index contributed by atoms with van der Waals surface area (Å²) >= 11 is 0. The number of amides is 1. The van der Waals surface area contributed by atoms with Crippen LogP contribution in [0.5, 0.6) is 5.75 Å². The van der Waals surface area contributed by atoms with Crippen LogP contribution in [0.25, 0.3) is 0 Å². The van der Waals surface area contributed by atoms with Gasteiger partial charge in [0.05, 0.1) is 19.8 Å². The maximum atomic E-state index is 12.3. The Kier molecular flexibility index (Phi) is 5.51. The second-order valence-electron chi connectivity index (χ2n) is 6.20. The second kappa shape index (κ2) is 7.79. The maximum Gasteiger partial charge on any atom is 0.248 e. The van der Waals surface area contributed by atoms with E-state index in [0.717, 1.165) is 38.2 Å². The second-order valence-corrected chi connectivity index (χ2v) is 6.20. The first-order valence-electron chi connectivity index (χ1n) is 8.39. The zero-order valence-corrected chi connectivity index (χ0v) is 13.8. The highest BCUT2D eigenvalue weighted by Gasteiger charge is 2.22. The molecule has 126 valence electrons. The number of rotatable bonds is 5. The van der Waals surface area contributed by atoms with Crippen molar-refractivity contribution in [3.8, 4) is 5.75 Å². The van der Waals surface area contributed by atoms with Gasteiger partial charge in [0.2, 0.25) is 5.91 Å². The molecule has 1 fully saturated rings. The Morgan fingerprint density at radius 3 is 3.04 bits per heavy atom. The lowest BCUT2D eigenvalue weighted by atomic mass is 9.99. The van der Waals surface area contributed by atoms with Gasteiger partial charge in [0.1, 0.15) is 12.4 Å². The average molecular weight is 319 g/mol. The highest BCUT2D eigenvalue weighted by Crippen LogP contribution is 2.23. The van der Waals surface area contributed by atoms with E-state index in [1.54, 1.807) is 7.11 Å². The lowest BCUT2D eigenvalue weighted by molar-refractivity contribution is -0.139. The van der Waals surface area contributed by atoms with Gasteiger partial charge in [-0.25, -0.2) is 0 Å². The molecule has 0 bridgehead atoms. The van der Waals surface area contributed by atoms with Gasteiger partial charge in [-0.15, -0.1) is 0 Å². The first-order valence-corrected chi connectivity index (χ1v) is 8.39. The monoisotopic (exact) mass is 319 g/mol. The van der Waals surface area contributed by atoms with Crippen molar-refractivity contribution in [1.29, 1.82) is 0 Å². The summed E-state index contributed by atoms with van der Waals surface area (Å²) in [6.07, 6.45) is 4.38. The number of methoxy groups -OCH3 is 1. The van der Waals surface area contributed by atoms with E-state index in [2.05, 4.69) is 6.07 Å². The number of benzene rings is 1. The molecule has 1 atom stereocenters. The summed E-state index contributed by atoms with van der Waals surface area (Å²) < 4.78 is 16.4. The van der Waals surface area contributed by atoms with E-state index in [1.165, 1.54) is 17.5 Å². The Labute approximate surface area is 137 Å². The van der Waals surface area contributed by atoms with Gasteiger partial charge in [-0.1, -0.05) is 6.07 Å². The molecule has 1 aromatic carbocycles. The summed E-state index contributed by atoms with van der Waals surface area (Å²) in [7, 11) is 1.67. The van der Waals surface area contributed by atoms with Gasteiger partial charge in [-0.2, -0.15) is 0 Å².